The van der Waals surface area contributed by atoms with Crippen molar-refractivity contribution in [3.63, 3.8) is 0 Å². The zero-order valence-corrected chi connectivity index (χ0v) is 10.5. The number of hydrogen-bond donors (Lipinski definition) is 1. The summed E-state index contributed by atoms with van der Waals surface area (Å²) in [5.41, 5.74) is 3.08. The highest BCUT2D eigenvalue weighted by molar-refractivity contribution is 5.42. The minimum Gasteiger partial charge on any atom is -0.364 e. The molecule has 0 saturated carbocycles. The van der Waals surface area contributed by atoms with Crippen LogP contribution in [0.15, 0.2) is 42.6 Å². The van der Waals surface area contributed by atoms with E-state index in [1.165, 1.54) is 11.1 Å². The molecular formula is C15H15N3. The summed E-state index contributed by atoms with van der Waals surface area (Å²) in [5, 5.41) is 12.0. The van der Waals surface area contributed by atoms with Crippen molar-refractivity contribution in [2.75, 3.05) is 5.32 Å². The molecule has 0 aliphatic heterocycles. The topological polar surface area (TPSA) is 48.7 Å². The van der Waals surface area contributed by atoms with Gasteiger partial charge in [0.25, 0.3) is 0 Å². The number of hydrogen-bond acceptors (Lipinski definition) is 3. The van der Waals surface area contributed by atoms with E-state index < -0.39 is 0 Å². The molecule has 1 heterocycles. The Morgan fingerprint density at radius 3 is 2.61 bits per heavy atom. The quantitative estimate of drug-likeness (QED) is 0.889. The van der Waals surface area contributed by atoms with E-state index in [1.54, 1.807) is 12.3 Å². The third-order valence-corrected chi connectivity index (χ3v) is 2.91. The first-order chi connectivity index (χ1) is 8.70. The molecule has 1 atom stereocenters. The summed E-state index contributed by atoms with van der Waals surface area (Å²) in [5.74, 6) is 0.782. The lowest BCUT2D eigenvalue weighted by atomic mass is 10.0. The first kappa shape index (κ1) is 12.1. The number of aromatic nitrogens is 1. The molecule has 2 aromatic rings. The Morgan fingerprint density at radius 1 is 1.22 bits per heavy atom. The van der Waals surface area contributed by atoms with Gasteiger partial charge in [-0.3, -0.25) is 0 Å². The van der Waals surface area contributed by atoms with Crippen LogP contribution in [0.3, 0.4) is 0 Å². The fourth-order valence-electron chi connectivity index (χ4n) is 1.92. The summed E-state index contributed by atoms with van der Waals surface area (Å²) in [7, 11) is 0. The average Bonchev–Trinajstić information content (AvgIpc) is 2.40. The highest BCUT2D eigenvalue weighted by Crippen LogP contribution is 2.20. The Hall–Kier alpha value is -2.34. The summed E-state index contributed by atoms with van der Waals surface area (Å²) in [4.78, 5) is 4.21. The standard InChI is InChI=1S/C15H15N3/c1-11-5-3-4-6-14(11)12(2)18-15-8-7-13(9-16)10-17-15/h3-8,10,12H,1-2H3,(H,17,18). The maximum absolute atomic E-state index is 8.71. The number of nitrogens with one attached hydrogen (secondary N) is 1. The van der Waals surface area contributed by atoms with Gasteiger partial charge in [-0.05, 0) is 37.1 Å². The molecule has 0 amide bonds. The second-order valence-corrected chi connectivity index (χ2v) is 4.27. The third-order valence-electron chi connectivity index (χ3n) is 2.91. The van der Waals surface area contributed by atoms with Crippen LogP contribution >= 0.6 is 0 Å². The van der Waals surface area contributed by atoms with Gasteiger partial charge in [0.15, 0.2) is 0 Å². The van der Waals surface area contributed by atoms with Gasteiger partial charge in [0.1, 0.15) is 11.9 Å². The molecule has 18 heavy (non-hydrogen) atoms. The van der Waals surface area contributed by atoms with Crippen LogP contribution in [0.1, 0.15) is 29.7 Å². The lowest BCUT2D eigenvalue weighted by Crippen LogP contribution is -2.09. The first-order valence-corrected chi connectivity index (χ1v) is 5.89. The summed E-state index contributed by atoms with van der Waals surface area (Å²) in [6.45, 7) is 4.20. The smallest absolute Gasteiger partial charge is 0.126 e. The molecule has 1 N–H and O–H groups in total. The molecule has 0 bridgehead atoms. The molecular weight excluding hydrogens is 222 g/mol. The van der Waals surface area contributed by atoms with Crippen LogP contribution in [0.4, 0.5) is 5.82 Å². The number of benzene rings is 1. The second-order valence-electron chi connectivity index (χ2n) is 4.27. The van der Waals surface area contributed by atoms with Crippen molar-refractivity contribution in [3.8, 4) is 6.07 Å². The molecule has 0 radical (unpaired) electrons. The highest BCUT2D eigenvalue weighted by atomic mass is 15.0. The first-order valence-electron chi connectivity index (χ1n) is 5.89. The number of anilines is 1. The molecule has 90 valence electrons. The van der Waals surface area contributed by atoms with Crippen LogP contribution in [0.2, 0.25) is 0 Å². The predicted octanol–water partition coefficient (Wildman–Crippen LogP) is 3.43. The molecule has 0 spiro atoms. The van der Waals surface area contributed by atoms with Crippen molar-refractivity contribution in [1.82, 2.24) is 4.98 Å². The van der Waals surface area contributed by atoms with E-state index in [-0.39, 0.29) is 6.04 Å². The van der Waals surface area contributed by atoms with Gasteiger partial charge in [-0.15, -0.1) is 0 Å². The van der Waals surface area contributed by atoms with Gasteiger partial charge in [0, 0.05) is 6.20 Å². The second kappa shape index (κ2) is 5.33. The lowest BCUT2D eigenvalue weighted by Gasteiger charge is -2.16. The van der Waals surface area contributed by atoms with Gasteiger partial charge in [0.05, 0.1) is 11.6 Å². The molecule has 0 fully saturated rings. The molecule has 1 aromatic heterocycles. The van der Waals surface area contributed by atoms with Crippen molar-refractivity contribution in [2.45, 2.75) is 19.9 Å². The van der Waals surface area contributed by atoms with Gasteiger partial charge in [0.2, 0.25) is 0 Å². The summed E-state index contributed by atoms with van der Waals surface area (Å²) in [6.07, 6.45) is 1.58. The Morgan fingerprint density at radius 2 is 2.00 bits per heavy atom. The van der Waals surface area contributed by atoms with Crippen molar-refractivity contribution in [2.24, 2.45) is 0 Å². The van der Waals surface area contributed by atoms with E-state index >= 15 is 0 Å². The van der Waals surface area contributed by atoms with Crippen molar-refractivity contribution in [1.29, 1.82) is 5.26 Å². The van der Waals surface area contributed by atoms with E-state index in [0.717, 1.165) is 5.82 Å². The van der Waals surface area contributed by atoms with Gasteiger partial charge < -0.3 is 5.32 Å². The molecule has 0 aliphatic carbocycles. The Bertz CT molecular complexity index is 567. The number of nitriles is 1. The van der Waals surface area contributed by atoms with Gasteiger partial charge in [-0.2, -0.15) is 5.26 Å². The molecule has 2 rings (SSSR count). The van der Waals surface area contributed by atoms with Gasteiger partial charge >= 0.3 is 0 Å². The Kier molecular flexibility index (Phi) is 3.59. The van der Waals surface area contributed by atoms with Crippen LogP contribution in [-0.4, -0.2) is 4.98 Å². The molecule has 1 aromatic carbocycles. The van der Waals surface area contributed by atoms with Crippen molar-refractivity contribution >= 4 is 5.82 Å². The summed E-state index contributed by atoms with van der Waals surface area (Å²) in [6, 6.07) is 14.1. The number of aryl methyl sites for hydroxylation is 1. The maximum Gasteiger partial charge on any atom is 0.126 e. The van der Waals surface area contributed by atoms with E-state index in [0.29, 0.717) is 5.56 Å². The van der Waals surface area contributed by atoms with E-state index in [1.807, 2.05) is 18.2 Å². The molecule has 3 nitrogen and oxygen atoms in total. The monoisotopic (exact) mass is 237 g/mol. The van der Waals surface area contributed by atoms with Crippen LogP contribution in [0.5, 0.6) is 0 Å². The van der Waals surface area contributed by atoms with E-state index in [4.69, 9.17) is 5.26 Å². The predicted molar refractivity (Wildman–Crippen MR) is 72.2 cm³/mol. The summed E-state index contributed by atoms with van der Waals surface area (Å²) >= 11 is 0. The van der Waals surface area contributed by atoms with Gasteiger partial charge in [-0.1, -0.05) is 24.3 Å². The summed E-state index contributed by atoms with van der Waals surface area (Å²) < 4.78 is 0. The zero-order valence-electron chi connectivity index (χ0n) is 10.5. The van der Waals surface area contributed by atoms with Crippen LogP contribution in [0.25, 0.3) is 0 Å². The fraction of sp³-hybridized carbons (Fsp3) is 0.200. The Balaban J connectivity index is 2.14. The van der Waals surface area contributed by atoms with E-state index in [2.05, 4.69) is 42.4 Å². The average molecular weight is 237 g/mol. The zero-order chi connectivity index (χ0) is 13.0. The van der Waals surface area contributed by atoms with E-state index in [9.17, 15) is 0 Å². The lowest BCUT2D eigenvalue weighted by molar-refractivity contribution is 0.865. The number of nitrogens with zero attached hydrogens (tertiary/aromatic N) is 2. The molecule has 0 aliphatic rings. The SMILES string of the molecule is Cc1ccccc1C(C)Nc1ccc(C#N)cn1. The Labute approximate surface area is 107 Å². The fourth-order valence-corrected chi connectivity index (χ4v) is 1.92. The number of rotatable bonds is 3. The van der Waals surface area contributed by atoms with Crippen LogP contribution in [0, 0.1) is 18.3 Å². The molecule has 3 heteroatoms. The molecule has 0 saturated heterocycles. The molecule has 1 unspecified atom stereocenters. The van der Waals surface area contributed by atoms with Crippen molar-refractivity contribution < 1.29 is 0 Å². The van der Waals surface area contributed by atoms with Crippen LogP contribution < -0.4 is 5.32 Å². The minimum absolute atomic E-state index is 0.187. The van der Waals surface area contributed by atoms with Crippen molar-refractivity contribution in [3.05, 3.63) is 59.3 Å². The number of pyridine rings is 1. The normalized spacial score (nSPS) is 11.6. The minimum atomic E-state index is 0.187. The maximum atomic E-state index is 8.71. The third kappa shape index (κ3) is 2.67. The van der Waals surface area contributed by atoms with Crippen LogP contribution in [-0.2, 0) is 0 Å². The highest BCUT2D eigenvalue weighted by Gasteiger charge is 2.07. The largest absolute Gasteiger partial charge is 0.364 e. The van der Waals surface area contributed by atoms with Gasteiger partial charge in [-0.25, -0.2) is 4.98 Å².